The Bertz CT molecular complexity index is 464. The second kappa shape index (κ2) is 7.93. The highest BCUT2D eigenvalue weighted by Gasteiger charge is 2.16. The zero-order valence-electron chi connectivity index (χ0n) is 12.6. The van der Waals surface area contributed by atoms with Crippen molar-refractivity contribution >= 4 is 12.2 Å². The number of piperidine rings is 1. The summed E-state index contributed by atoms with van der Waals surface area (Å²) < 4.78 is 0. The Morgan fingerprint density at radius 1 is 1.33 bits per heavy atom. The number of nitrogens with one attached hydrogen (secondary N) is 2. The number of benzene rings is 1. The molecule has 114 valence electrons. The molecule has 1 saturated heterocycles. The van der Waals surface area contributed by atoms with E-state index in [1.807, 2.05) is 12.1 Å². The van der Waals surface area contributed by atoms with E-state index in [4.69, 9.17) is 0 Å². The maximum absolute atomic E-state index is 11.3. The number of carbonyl (C=O) groups is 2. The van der Waals surface area contributed by atoms with E-state index in [9.17, 15) is 9.59 Å². The van der Waals surface area contributed by atoms with Gasteiger partial charge in [0.2, 0.25) is 5.91 Å². The summed E-state index contributed by atoms with van der Waals surface area (Å²) in [6, 6.07) is 8.37. The van der Waals surface area contributed by atoms with Crippen molar-refractivity contribution in [1.29, 1.82) is 0 Å². The van der Waals surface area contributed by atoms with Crippen LogP contribution in [0.4, 0.5) is 0 Å². The van der Waals surface area contributed by atoms with Gasteiger partial charge in [-0.3, -0.25) is 4.79 Å². The summed E-state index contributed by atoms with van der Waals surface area (Å²) in [5, 5.41) is 5.96. The Balaban J connectivity index is 1.98. The van der Waals surface area contributed by atoms with Crippen LogP contribution < -0.4 is 10.6 Å². The summed E-state index contributed by atoms with van der Waals surface area (Å²) in [4.78, 5) is 22.5. The van der Waals surface area contributed by atoms with Crippen LogP contribution in [0, 0.1) is 0 Å². The van der Waals surface area contributed by atoms with Crippen molar-refractivity contribution in [3.8, 4) is 0 Å². The molecule has 1 aliphatic rings. The summed E-state index contributed by atoms with van der Waals surface area (Å²) in [6.45, 7) is 2.16. The van der Waals surface area contributed by atoms with Gasteiger partial charge in [0, 0.05) is 19.4 Å². The fraction of sp³-hybridized carbons (Fsp3) is 0.529. The summed E-state index contributed by atoms with van der Waals surface area (Å²) in [5.74, 6) is 0.415. The first-order valence-electron chi connectivity index (χ1n) is 7.71. The van der Waals surface area contributed by atoms with Gasteiger partial charge in [0.05, 0.1) is 0 Å². The second-order valence-corrected chi connectivity index (χ2v) is 5.65. The molecule has 4 heteroatoms. The monoisotopic (exact) mass is 288 g/mol. The average Bonchev–Trinajstić information content (AvgIpc) is 2.56. The summed E-state index contributed by atoms with van der Waals surface area (Å²) in [7, 11) is 1.62. The van der Waals surface area contributed by atoms with E-state index in [1.54, 1.807) is 7.05 Å². The average molecular weight is 288 g/mol. The van der Waals surface area contributed by atoms with Gasteiger partial charge in [0.25, 0.3) is 0 Å². The topological polar surface area (TPSA) is 58.2 Å². The minimum atomic E-state index is -0.190. The molecule has 1 heterocycles. The standard InChI is InChI=1S/C17H24N2O2/c1-18-17(21)7-6-16(12-20)14-4-2-13(3-5-14)15-8-10-19-11-9-15/h2-5,12,15-16,19H,6-11H2,1H3,(H,18,21). The number of carbonyl (C=O) groups excluding carboxylic acids is 2. The zero-order chi connectivity index (χ0) is 15.1. The SMILES string of the molecule is CNC(=O)CCC(C=O)c1ccc(C2CCNCC2)cc1. The number of rotatable bonds is 6. The molecule has 0 aliphatic carbocycles. The molecule has 1 atom stereocenters. The molecule has 1 amide bonds. The fourth-order valence-corrected chi connectivity index (χ4v) is 2.90. The Labute approximate surface area is 126 Å². The molecule has 1 aromatic rings. The van der Waals surface area contributed by atoms with E-state index in [1.165, 1.54) is 18.4 Å². The van der Waals surface area contributed by atoms with Gasteiger partial charge in [-0.1, -0.05) is 24.3 Å². The Morgan fingerprint density at radius 3 is 2.57 bits per heavy atom. The van der Waals surface area contributed by atoms with Crippen molar-refractivity contribution in [1.82, 2.24) is 10.6 Å². The van der Waals surface area contributed by atoms with Gasteiger partial charge < -0.3 is 15.4 Å². The molecule has 2 rings (SSSR count). The van der Waals surface area contributed by atoms with Crippen LogP contribution in [0.15, 0.2) is 24.3 Å². The highest BCUT2D eigenvalue weighted by Crippen LogP contribution is 2.27. The van der Waals surface area contributed by atoms with E-state index in [-0.39, 0.29) is 11.8 Å². The van der Waals surface area contributed by atoms with Crippen LogP contribution in [0.5, 0.6) is 0 Å². The van der Waals surface area contributed by atoms with Crippen molar-refractivity contribution in [2.24, 2.45) is 0 Å². The molecule has 1 aliphatic heterocycles. The first-order chi connectivity index (χ1) is 10.2. The molecule has 2 N–H and O–H groups in total. The highest BCUT2D eigenvalue weighted by atomic mass is 16.1. The molecular weight excluding hydrogens is 264 g/mol. The van der Waals surface area contributed by atoms with Gasteiger partial charge in [-0.05, 0) is 49.4 Å². The third-order valence-corrected chi connectivity index (χ3v) is 4.30. The quantitative estimate of drug-likeness (QED) is 0.787. The van der Waals surface area contributed by atoms with E-state index in [0.29, 0.717) is 18.8 Å². The lowest BCUT2D eigenvalue weighted by Crippen LogP contribution is -2.26. The lowest BCUT2D eigenvalue weighted by molar-refractivity contribution is -0.120. The second-order valence-electron chi connectivity index (χ2n) is 5.65. The van der Waals surface area contributed by atoms with Gasteiger partial charge in [-0.15, -0.1) is 0 Å². The molecule has 0 spiro atoms. The number of aldehydes is 1. The van der Waals surface area contributed by atoms with Crippen molar-refractivity contribution in [3.63, 3.8) is 0 Å². The smallest absolute Gasteiger partial charge is 0.219 e. The molecule has 0 bridgehead atoms. The number of hydrogen-bond donors (Lipinski definition) is 2. The zero-order valence-corrected chi connectivity index (χ0v) is 12.6. The minimum absolute atomic E-state index is 0.0202. The summed E-state index contributed by atoms with van der Waals surface area (Å²) >= 11 is 0. The van der Waals surface area contributed by atoms with Crippen LogP contribution in [-0.4, -0.2) is 32.3 Å². The molecule has 1 fully saturated rings. The summed E-state index contributed by atoms with van der Waals surface area (Å²) in [6.07, 6.45) is 4.24. The Kier molecular flexibility index (Phi) is 5.93. The molecule has 1 unspecified atom stereocenters. The van der Waals surface area contributed by atoms with E-state index >= 15 is 0 Å². The van der Waals surface area contributed by atoms with Crippen molar-refractivity contribution in [2.45, 2.75) is 37.5 Å². The van der Waals surface area contributed by atoms with Crippen LogP contribution in [0.25, 0.3) is 0 Å². The molecule has 0 radical (unpaired) electrons. The van der Waals surface area contributed by atoms with Gasteiger partial charge in [0.15, 0.2) is 0 Å². The molecule has 4 nitrogen and oxygen atoms in total. The number of amides is 1. The van der Waals surface area contributed by atoms with Gasteiger partial charge in [0.1, 0.15) is 6.29 Å². The minimum Gasteiger partial charge on any atom is -0.359 e. The largest absolute Gasteiger partial charge is 0.359 e. The van der Waals surface area contributed by atoms with E-state index in [2.05, 4.69) is 22.8 Å². The van der Waals surface area contributed by atoms with Gasteiger partial charge in [-0.2, -0.15) is 0 Å². The van der Waals surface area contributed by atoms with Crippen LogP contribution in [-0.2, 0) is 9.59 Å². The van der Waals surface area contributed by atoms with Crippen LogP contribution in [0.1, 0.15) is 48.6 Å². The van der Waals surface area contributed by atoms with E-state index < -0.39 is 0 Å². The normalized spacial score (nSPS) is 17.2. The molecule has 0 saturated carbocycles. The summed E-state index contributed by atoms with van der Waals surface area (Å²) in [5.41, 5.74) is 2.36. The van der Waals surface area contributed by atoms with Gasteiger partial charge >= 0.3 is 0 Å². The van der Waals surface area contributed by atoms with Crippen LogP contribution in [0.3, 0.4) is 0 Å². The van der Waals surface area contributed by atoms with Crippen molar-refractivity contribution < 1.29 is 9.59 Å². The van der Waals surface area contributed by atoms with Crippen LogP contribution >= 0.6 is 0 Å². The van der Waals surface area contributed by atoms with Gasteiger partial charge in [-0.25, -0.2) is 0 Å². The highest BCUT2D eigenvalue weighted by molar-refractivity contribution is 5.76. The Morgan fingerprint density at radius 2 is 2.00 bits per heavy atom. The maximum Gasteiger partial charge on any atom is 0.219 e. The van der Waals surface area contributed by atoms with E-state index in [0.717, 1.165) is 24.9 Å². The molecule has 0 aromatic heterocycles. The first-order valence-corrected chi connectivity index (χ1v) is 7.71. The molecule has 1 aromatic carbocycles. The predicted molar refractivity (Wildman–Crippen MR) is 83.4 cm³/mol. The molecule has 21 heavy (non-hydrogen) atoms. The lowest BCUT2D eigenvalue weighted by atomic mass is 9.88. The lowest BCUT2D eigenvalue weighted by Gasteiger charge is -2.23. The number of hydrogen-bond acceptors (Lipinski definition) is 3. The van der Waals surface area contributed by atoms with Crippen molar-refractivity contribution in [2.75, 3.05) is 20.1 Å². The predicted octanol–water partition coefficient (Wildman–Crippen LogP) is 1.96. The maximum atomic E-state index is 11.3. The third kappa shape index (κ3) is 4.39. The third-order valence-electron chi connectivity index (χ3n) is 4.30. The van der Waals surface area contributed by atoms with Crippen LogP contribution in [0.2, 0.25) is 0 Å². The Hall–Kier alpha value is -1.68. The first kappa shape index (κ1) is 15.7. The van der Waals surface area contributed by atoms with Crippen molar-refractivity contribution in [3.05, 3.63) is 35.4 Å². The fourth-order valence-electron chi connectivity index (χ4n) is 2.90. The molecular formula is C17H24N2O2.